The summed E-state index contributed by atoms with van der Waals surface area (Å²) in [5.74, 6) is -0.395. The topological polar surface area (TPSA) is 56.3 Å². The van der Waals surface area contributed by atoms with E-state index in [2.05, 4.69) is 4.99 Å². The average molecular weight is 483 g/mol. The van der Waals surface area contributed by atoms with Crippen molar-refractivity contribution in [3.63, 3.8) is 0 Å². The molecule has 0 bridgehead atoms. The van der Waals surface area contributed by atoms with E-state index in [1.54, 1.807) is 6.42 Å². The fourth-order valence-electron chi connectivity index (χ4n) is 1.04. The van der Waals surface area contributed by atoms with Gasteiger partial charge in [-0.25, -0.2) is 11.4 Å². The fraction of sp³-hybridized carbons (Fsp3) is 0.625. The molecule has 4 nitrogen and oxygen atoms in total. The Bertz CT molecular complexity index is 354. The zero-order chi connectivity index (χ0) is 14.0. The van der Waals surface area contributed by atoms with E-state index in [-0.39, 0.29) is 45.6 Å². The summed E-state index contributed by atoms with van der Waals surface area (Å²) in [5.41, 5.74) is 0. The number of halogens is 6. The van der Waals surface area contributed by atoms with Gasteiger partial charge in [-0.2, -0.15) is 0 Å². The minimum atomic E-state index is -1.90. The minimum Gasteiger partial charge on any atom is -0.478 e. The molecular formula is C8H8Cl6N2O2Pd. The van der Waals surface area contributed by atoms with Crippen LogP contribution in [0.3, 0.4) is 0 Å². The van der Waals surface area contributed by atoms with Crippen LogP contribution in [0.1, 0.15) is 0 Å². The predicted octanol–water partition coefficient (Wildman–Crippen LogP) is 1.80. The molecule has 0 saturated carbocycles. The van der Waals surface area contributed by atoms with E-state index < -0.39 is 13.5 Å². The maximum Gasteiger partial charge on any atom is 0.383 e. The number of hydrogen-bond donors (Lipinski definition) is 2. The van der Waals surface area contributed by atoms with Gasteiger partial charge in [0.15, 0.2) is 0 Å². The molecule has 0 aromatic heterocycles. The molecule has 0 fully saturated rings. The Labute approximate surface area is 154 Å². The van der Waals surface area contributed by atoms with Crippen molar-refractivity contribution in [1.82, 2.24) is 0 Å². The molecule has 114 valence electrons. The van der Waals surface area contributed by atoms with Gasteiger partial charge in [0.05, 0.1) is 6.04 Å². The Morgan fingerprint density at radius 3 is 2.42 bits per heavy atom. The van der Waals surface area contributed by atoms with Crippen molar-refractivity contribution >= 4 is 81.4 Å². The van der Waals surface area contributed by atoms with Gasteiger partial charge in [-0.3, -0.25) is 5.41 Å². The molecule has 1 heterocycles. The molecule has 1 atom stereocenters. The largest absolute Gasteiger partial charge is 0.478 e. The standard InChI is InChI=1S/C8H7Cl6N2O2.Pd/c9-7(10,11)5(15)18-3-4-1-2-17-6(16-4)8(12,13)14;/h1,4,15H,2-3H2;/q-1;/p+1. The van der Waals surface area contributed by atoms with E-state index in [4.69, 9.17) is 84.5 Å². The van der Waals surface area contributed by atoms with E-state index in [9.17, 15) is 0 Å². The fourth-order valence-corrected chi connectivity index (χ4v) is 1.54. The van der Waals surface area contributed by atoms with Crippen LogP contribution in [0.5, 0.6) is 0 Å². The molecule has 1 aliphatic rings. The van der Waals surface area contributed by atoms with Gasteiger partial charge in [-0.1, -0.05) is 69.6 Å². The second-order valence-electron chi connectivity index (χ2n) is 3.26. The molecule has 0 saturated heterocycles. The first-order valence-corrected chi connectivity index (χ1v) is 6.83. The first kappa shape index (κ1) is 20.3. The molecule has 0 spiro atoms. The van der Waals surface area contributed by atoms with Crippen molar-refractivity contribution in [2.24, 2.45) is 0 Å². The maximum absolute atomic E-state index is 7.36. The van der Waals surface area contributed by atoms with Crippen molar-refractivity contribution in [2.45, 2.75) is 13.6 Å². The minimum absolute atomic E-state index is 0. The Morgan fingerprint density at radius 1 is 1.37 bits per heavy atom. The summed E-state index contributed by atoms with van der Waals surface area (Å²) >= 11 is 33.4. The first-order chi connectivity index (χ1) is 8.10. The van der Waals surface area contributed by atoms with E-state index in [0.717, 1.165) is 0 Å². The summed E-state index contributed by atoms with van der Waals surface area (Å²) in [6.45, 7) is 0.283. The van der Waals surface area contributed by atoms with Crippen LogP contribution in [0.2, 0.25) is 0 Å². The molecule has 19 heavy (non-hydrogen) atoms. The summed E-state index contributed by atoms with van der Waals surface area (Å²) in [6.07, 6.45) is 1.73. The van der Waals surface area contributed by atoms with Gasteiger partial charge in [0, 0.05) is 20.4 Å². The molecule has 2 N–H and O–H groups in total. The van der Waals surface area contributed by atoms with Gasteiger partial charge in [-0.05, 0) is 6.61 Å². The molecule has 11 heteroatoms. The molecule has 0 aromatic rings. The van der Waals surface area contributed by atoms with E-state index in [1.165, 1.54) is 0 Å². The van der Waals surface area contributed by atoms with Crippen molar-refractivity contribution in [3.8, 4) is 0 Å². The third-order valence-corrected chi connectivity index (χ3v) is 2.88. The summed E-state index contributed by atoms with van der Waals surface area (Å²) in [5, 5.41) is 7.36. The molecular weight excluding hydrogens is 475 g/mol. The third-order valence-electron chi connectivity index (χ3n) is 1.85. The zero-order valence-corrected chi connectivity index (χ0v) is 15.1. The van der Waals surface area contributed by atoms with Gasteiger partial charge < -0.3 is 9.47 Å². The van der Waals surface area contributed by atoms with E-state index in [0.29, 0.717) is 0 Å². The van der Waals surface area contributed by atoms with Crippen LogP contribution in [0, 0.1) is 11.8 Å². The van der Waals surface area contributed by atoms with Crippen LogP contribution >= 0.6 is 69.6 Å². The van der Waals surface area contributed by atoms with Crippen molar-refractivity contribution < 1.29 is 34.9 Å². The number of alkyl halides is 6. The predicted molar refractivity (Wildman–Crippen MR) is 74.3 cm³/mol. The molecule has 0 aromatic carbocycles. The third kappa shape index (κ3) is 7.24. The van der Waals surface area contributed by atoms with Crippen LogP contribution in [-0.2, 0) is 29.9 Å². The van der Waals surface area contributed by atoms with Gasteiger partial charge in [0.2, 0.25) is 5.90 Å². The van der Waals surface area contributed by atoms with Crippen LogP contribution in [-0.4, -0.2) is 38.6 Å². The van der Waals surface area contributed by atoms with Crippen molar-refractivity contribution in [3.05, 3.63) is 6.42 Å². The Kier molecular flexibility index (Phi) is 8.67. The van der Waals surface area contributed by atoms with Crippen molar-refractivity contribution in [1.29, 1.82) is 5.41 Å². The second-order valence-corrected chi connectivity index (χ2v) is 7.82. The first-order valence-electron chi connectivity index (χ1n) is 4.56. The summed E-state index contributed by atoms with van der Waals surface area (Å²) in [6, 6.07) is -0.322. The Morgan fingerprint density at radius 2 is 1.95 bits per heavy atom. The van der Waals surface area contributed by atoms with Crippen LogP contribution in [0.4, 0.5) is 0 Å². The van der Waals surface area contributed by atoms with E-state index in [1.807, 2.05) is 0 Å². The van der Waals surface area contributed by atoms with Crippen LogP contribution < -0.4 is 4.99 Å². The second kappa shape index (κ2) is 8.10. The monoisotopic (exact) mass is 480 g/mol. The normalized spacial score (nSPS) is 19.9. The molecule has 1 aliphatic heterocycles. The Balaban J connectivity index is 0.00000324. The van der Waals surface area contributed by atoms with E-state index >= 15 is 0 Å². The number of rotatable bonds is 2. The number of hydrogen-bond acceptors (Lipinski definition) is 3. The summed E-state index contributed by atoms with van der Waals surface area (Å²) < 4.78 is 6.53. The summed E-state index contributed by atoms with van der Waals surface area (Å²) in [7, 11) is 0. The molecule has 0 amide bonds. The van der Waals surface area contributed by atoms with Gasteiger partial charge in [0.1, 0.15) is 6.61 Å². The molecule has 1 rings (SSSR count). The molecule has 1 unspecified atom stereocenters. The summed E-state index contributed by atoms with van der Waals surface area (Å²) in [4.78, 5) is 2.79. The Hall–Kier alpha value is 1.34. The average Bonchev–Trinajstić information content (AvgIpc) is 2.23. The zero-order valence-electron chi connectivity index (χ0n) is 8.97. The van der Waals surface area contributed by atoms with Crippen molar-refractivity contribution in [2.75, 3.05) is 13.2 Å². The number of ether oxygens (including phenoxy) is 2. The number of nitrogens with one attached hydrogen (secondary N) is 2. The maximum atomic E-state index is 7.36. The van der Waals surface area contributed by atoms with Gasteiger partial charge in [0.25, 0.3) is 3.79 Å². The van der Waals surface area contributed by atoms with Crippen LogP contribution in [0.15, 0.2) is 0 Å². The molecule has 0 aliphatic carbocycles. The SMILES string of the molecule is N=C(OCC1[CH-]COC(C(Cl)(Cl)Cl)=[NH+]1)C(Cl)(Cl)Cl.[Pd]. The van der Waals surface area contributed by atoms with Crippen LogP contribution in [0.25, 0.3) is 0 Å². The van der Waals surface area contributed by atoms with Gasteiger partial charge >= 0.3 is 9.69 Å². The smallest absolute Gasteiger partial charge is 0.383 e. The molecule has 0 radical (unpaired) electrons. The van der Waals surface area contributed by atoms with Gasteiger partial charge in [-0.15, -0.1) is 0 Å². The quantitative estimate of drug-likeness (QED) is 0.207.